The average molecular weight is 211 g/mol. The van der Waals surface area contributed by atoms with Gasteiger partial charge in [-0.25, -0.2) is 4.39 Å². The van der Waals surface area contributed by atoms with Gasteiger partial charge in [-0.3, -0.25) is 4.79 Å². The third kappa shape index (κ3) is 3.32. The second kappa shape index (κ2) is 4.89. The third-order valence-corrected chi connectivity index (χ3v) is 1.99. The predicted octanol–water partition coefficient (Wildman–Crippen LogP) is 1.24. The number of hydrogen-bond donors (Lipinski definition) is 2. The van der Waals surface area contributed by atoms with E-state index in [0.29, 0.717) is 5.56 Å². The van der Waals surface area contributed by atoms with Crippen LogP contribution in [-0.2, 0) is 0 Å². The maximum Gasteiger partial charge on any atom is 0.251 e. The molecule has 1 aromatic rings. The molecule has 0 heterocycles. The van der Waals surface area contributed by atoms with Gasteiger partial charge in [0.1, 0.15) is 5.82 Å². The van der Waals surface area contributed by atoms with Gasteiger partial charge in [-0.1, -0.05) is 6.07 Å². The van der Waals surface area contributed by atoms with E-state index in [1.165, 1.54) is 6.07 Å². The third-order valence-electron chi connectivity index (χ3n) is 1.99. The molecule has 0 aliphatic carbocycles. The number of amides is 1. The van der Waals surface area contributed by atoms with Crippen molar-refractivity contribution in [1.82, 2.24) is 5.32 Å². The topological polar surface area (TPSA) is 49.3 Å². The van der Waals surface area contributed by atoms with Crippen LogP contribution in [0.5, 0.6) is 0 Å². The summed E-state index contributed by atoms with van der Waals surface area (Å²) in [6.45, 7) is 3.36. The molecule has 0 aliphatic heterocycles. The lowest BCUT2D eigenvalue weighted by atomic mass is 10.1. The van der Waals surface area contributed by atoms with E-state index in [-0.39, 0.29) is 18.0 Å². The van der Waals surface area contributed by atoms with Gasteiger partial charge in [0.25, 0.3) is 5.91 Å². The Morgan fingerprint density at radius 1 is 1.60 bits per heavy atom. The van der Waals surface area contributed by atoms with E-state index < -0.39 is 11.9 Å². The SMILES string of the molecule is Cc1ccc(C(=O)NCC(C)O)cc1F. The highest BCUT2D eigenvalue weighted by atomic mass is 19.1. The molecule has 15 heavy (non-hydrogen) atoms. The minimum atomic E-state index is -0.607. The second-order valence-corrected chi connectivity index (χ2v) is 3.52. The quantitative estimate of drug-likeness (QED) is 0.790. The Hall–Kier alpha value is -1.42. The Kier molecular flexibility index (Phi) is 3.80. The van der Waals surface area contributed by atoms with Gasteiger partial charge in [-0.15, -0.1) is 0 Å². The fourth-order valence-corrected chi connectivity index (χ4v) is 1.08. The van der Waals surface area contributed by atoms with E-state index in [1.807, 2.05) is 0 Å². The number of halogens is 1. The summed E-state index contributed by atoms with van der Waals surface area (Å²) in [6.07, 6.45) is -0.607. The standard InChI is InChI=1S/C11H14FNO2/c1-7-3-4-9(5-10(7)12)11(15)13-6-8(2)14/h3-5,8,14H,6H2,1-2H3,(H,13,15). The van der Waals surface area contributed by atoms with Gasteiger partial charge in [-0.2, -0.15) is 0 Å². The molecule has 0 saturated heterocycles. The number of aliphatic hydroxyl groups is 1. The van der Waals surface area contributed by atoms with Gasteiger partial charge in [-0.05, 0) is 31.5 Å². The van der Waals surface area contributed by atoms with Crippen molar-refractivity contribution in [1.29, 1.82) is 0 Å². The Morgan fingerprint density at radius 3 is 2.80 bits per heavy atom. The first-order valence-electron chi connectivity index (χ1n) is 4.73. The fraction of sp³-hybridized carbons (Fsp3) is 0.364. The minimum absolute atomic E-state index is 0.161. The lowest BCUT2D eigenvalue weighted by Crippen LogP contribution is -2.30. The van der Waals surface area contributed by atoms with E-state index in [2.05, 4.69) is 5.32 Å². The summed E-state index contributed by atoms with van der Waals surface area (Å²) in [4.78, 5) is 11.4. The van der Waals surface area contributed by atoms with Crippen LogP contribution in [0.4, 0.5) is 4.39 Å². The molecule has 1 atom stereocenters. The number of aryl methyl sites for hydroxylation is 1. The predicted molar refractivity (Wildman–Crippen MR) is 55.2 cm³/mol. The Bertz CT molecular complexity index is 364. The molecule has 2 N–H and O–H groups in total. The van der Waals surface area contributed by atoms with E-state index in [4.69, 9.17) is 5.11 Å². The Balaban J connectivity index is 2.70. The summed E-state index contributed by atoms with van der Waals surface area (Å²) in [6, 6.07) is 4.29. The number of benzene rings is 1. The molecule has 1 amide bonds. The molecule has 82 valence electrons. The molecule has 0 aliphatic rings. The smallest absolute Gasteiger partial charge is 0.251 e. The highest BCUT2D eigenvalue weighted by Crippen LogP contribution is 2.08. The zero-order valence-corrected chi connectivity index (χ0v) is 8.75. The summed E-state index contributed by atoms with van der Waals surface area (Å²) < 4.78 is 13.1. The normalized spacial score (nSPS) is 12.3. The molecule has 0 bridgehead atoms. The zero-order chi connectivity index (χ0) is 11.4. The van der Waals surface area contributed by atoms with Crippen LogP contribution < -0.4 is 5.32 Å². The summed E-state index contributed by atoms with van der Waals surface area (Å²) in [7, 11) is 0. The number of rotatable bonds is 3. The number of hydrogen-bond acceptors (Lipinski definition) is 2. The maximum atomic E-state index is 13.1. The molecule has 0 spiro atoms. The van der Waals surface area contributed by atoms with E-state index in [0.717, 1.165) is 0 Å². The Labute approximate surface area is 87.9 Å². The molecule has 3 nitrogen and oxygen atoms in total. The molecule has 4 heteroatoms. The van der Waals surface area contributed by atoms with E-state index in [9.17, 15) is 9.18 Å². The number of nitrogens with one attached hydrogen (secondary N) is 1. The largest absolute Gasteiger partial charge is 0.392 e. The van der Waals surface area contributed by atoms with Crippen molar-refractivity contribution < 1.29 is 14.3 Å². The molecular weight excluding hydrogens is 197 g/mol. The number of aliphatic hydroxyl groups excluding tert-OH is 1. The maximum absolute atomic E-state index is 13.1. The second-order valence-electron chi connectivity index (χ2n) is 3.52. The van der Waals surface area contributed by atoms with Crippen LogP contribution in [0.15, 0.2) is 18.2 Å². The highest BCUT2D eigenvalue weighted by Gasteiger charge is 2.08. The first kappa shape index (κ1) is 11.7. The fourth-order valence-electron chi connectivity index (χ4n) is 1.08. The number of carbonyl (C=O) groups excluding carboxylic acids is 1. The summed E-state index contributed by atoms with van der Waals surface area (Å²) in [5, 5.41) is 11.4. The van der Waals surface area contributed by atoms with E-state index >= 15 is 0 Å². The van der Waals surface area contributed by atoms with Crippen LogP contribution in [-0.4, -0.2) is 23.7 Å². The first-order valence-corrected chi connectivity index (χ1v) is 4.73. The van der Waals surface area contributed by atoms with Crippen molar-refractivity contribution in [3.05, 3.63) is 35.1 Å². The van der Waals surface area contributed by atoms with Gasteiger partial charge in [0.15, 0.2) is 0 Å². The van der Waals surface area contributed by atoms with E-state index in [1.54, 1.807) is 26.0 Å². The van der Waals surface area contributed by atoms with Crippen molar-refractivity contribution in [3.8, 4) is 0 Å². The zero-order valence-electron chi connectivity index (χ0n) is 8.75. The average Bonchev–Trinajstić information content (AvgIpc) is 2.18. The molecule has 0 saturated carbocycles. The number of carbonyl (C=O) groups is 1. The molecule has 0 fully saturated rings. The van der Waals surface area contributed by atoms with Gasteiger partial charge in [0.05, 0.1) is 6.10 Å². The van der Waals surface area contributed by atoms with Crippen molar-refractivity contribution in [3.63, 3.8) is 0 Å². The lowest BCUT2D eigenvalue weighted by molar-refractivity contribution is 0.0923. The van der Waals surface area contributed by atoms with Crippen molar-refractivity contribution >= 4 is 5.91 Å². The Morgan fingerprint density at radius 2 is 2.27 bits per heavy atom. The highest BCUT2D eigenvalue weighted by molar-refractivity contribution is 5.94. The van der Waals surface area contributed by atoms with Crippen LogP contribution in [0.1, 0.15) is 22.8 Å². The van der Waals surface area contributed by atoms with Crippen molar-refractivity contribution in [2.24, 2.45) is 0 Å². The van der Waals surface area contributed by atoms with Gasteiger partial charge < -0.3 is 10.4 Å². The first-order chi connectivity index (χ1) is 7.00. The summed E-state index contributed by atoms with van der Waals surface area (Å²) in [5.74, 6) is -0.783. The van der Waals surface area contributed by atoms with Crippen molar-refractivity contribution in [2.45, 2.75) is 20.0 Å². The van der Waals surface area contributed by atoms with Crippen LogP contribution in [0, 0.1) is 12.7 Å². The molecular formula is C11H14FNO2. The van der Waals surface area contributed by atoms with Gasteiger partial charge in [0, 0.05) is 12.1 Å². The minimum Gasteiger partial charge on any atom is -0.392 e. The summed E-state index contributed by atoms with van der Waals surface area (Å²) in [5.41, 5.74) is 0.765. The van der Waals surface area contributed by atoms with Crippen LogP contribution in [0.3, 0.4) is 0 Å². The lowest BCUT2D eigenvalue weighted by Gasteiger charge is -2.07. The molecule has 1 unspecified atom stereocenters. The van der Waals surface area contributed by atoms with Crippen molar-refractivity contribution in [2.75, 3.05) is 6.54 Å². The van der Waals surface area contributed by atoms with Gasteiger partial charge >= 0.3 is 0 Å². The van der Waals surface area contributed by atoms with Crippen LogP contribution >= 0.6 is 0 Å². The monoisotopic (exact) mass is 211 g/mol. The summed E-state index contributed by atoms with van der Waals surface area (Å²) >= 11 is 0. The van der Waals surface area contributed by atoms with Crippen LogP contribution in [0.2, 0.25) is 0 Å². The molecule has 1 rings (SSSR count). The molecule has 1 aromatic carbocycles. The molecule has 0 aromatic heterocycles. The molecule has 0 radical (unpaired) electrons. The van der Waals surface area contributed by atoms with Crippen LogP contribution in [0.25, 0.3) is 0 Å². The van der Waals surface area contributed by atoms with Gasteiger partial charge in [0.2, 0.25) is 0 Å².